The van der Waals surface area contributed by atoms with Crippen molar-refractivity contribution < 1.29 is 4.79 Å². The van der Waals surface area contributed by atoms with E-state index in [9.17, 15) is 4.79 Å². The van der Waals surface area contributed by atoms with Crippen LogP contribution in [0.4, 0.5) is 0 Å². The number of piperazine rings is 1. The molecule has 1 saturated heterocycles. The maximum Gasteiger partial charge on any atom is 0.177 e. The number of Topliss-reactive ketones (excluding diaryl/α,β-unsaturated/α-hetero) is 1. The first kappa shape index (κ1) is 14.2. The number of hydrogen-bond acceptors (Lipinski definition) is 3. The highest BCUT2D eigenvalue weighted by molar-refractivity contribution is 5.98. The van der Waals surface area contributed by atoms with Crippen molar-refractivity contribution >= 4 is 5.78 Å². The molecule has 1 heterocycles. The van der Waals surface area contributed by atoms with E-state index in [1.807, 2.05) is 31.2 Å². The molecule has 3 nitrogen and oxygen atoms in total. The van der Waals surface area contributed by atoms with Crippen LogP contribution in [0.1, 0.15) is 29.8 Å². The van der Waals surface area contributed by atoms with Gasteiger partial charge in [-0.2, -0.15) is 0 Å². The third-order valence-electron chi connectivity index (χ3n) is 4.07. The molecule has 1 aliphatic rings. The zero-order valence-corrected chi connectivity index (χ0v) is 12.2. The topological polar surface area (TPSA) is 23.6 Å². The van der Waals surface area contributed by atoms with Crippen molar-refractivity contribution in [2.45, 2.75) is 26.8 Å². The molecule has 0 aliphatic carbocycles. The molecule has 1 aromatic rings. The average Bonchev–Trinajstić information content (AvgIpc) is 2.39. The number of nitrogens with zero attached hydrogens (tertiary/aromatic N) is 2. The molecule has 104 valence electrons. The normalized spacial score (nSPS) is 21.5. The Kier molecular flexibility index (Phi) is 4.72. The summed E-state index contributed by atoms with van der Waals surface area (Å²) >= 11 is 0. The third-order valence-corrected chi connectivity index (χ3v) is 4.07. The molecular weight excluding hydrogens is 236 g/mol. The number of rotatable bonds is 4. The summed E-state index contributed by atoms with van der Waals surface area (Å²) < 4.78 is 0. The van der Waals surface area contributed by atoms with Gasteiger partial charge >= 0.3 is 0 Å². The zero-order chi connectivity index (χ0) is 13.8. The Bertz CT molecular complexity index is 444. The molecule has 0 spiro atoms. The Hall–Kier alpha value is -1.19. The highest BCUT2D eigenvalue weighted by Gasteiger charge is 2.24. The maximum atomic E-state index is 12.3. The van der Waals surface area contributed by atoms with Crippen LogP contribution in [-0.4, -0.2) is 54.3 Å². The smallest absolute Gasteiger partial charge is 0.177 e. The van der Waals surface area contributed by atoms with Crippen LogP contribution in [0.2, 0.25) is 0 Å². The van der Waals surface area contributed by atoms with E-state index in [4.69, 9.17) is 0 Å². The van der Waals surface area contributed by atoms with Gasteiger partial charge in [0.2, 0.25) is 0 Å². The predicted octanol–water partition coefficient (Wildman–Crippen LogP) is 2.20. The summed E-state index contributed by atoms with van der Waals surface area (Å²) in [7, 11) is 0. The third kappa shape index (κ3) is 3.43. The molecule has 1 aromatic carbocycles. The molecule has 1 atom stereocenters. The Morgan fingerprint density at radius 2 is 2.05 bits per heavy atom. The van der Waals surface area contributed by atoms with Crippen molar-refractivity contribution in [3.05, 3.63) is 35.4 Å². The summed E-state index contributed by atoms with van der Waals surface area (Å²) in [5.41, 5.74) is 1.95. The van der Waals surface area contributed by atoms with Crippen molar-refractivity contribution in [3.63, 3.8) is 0 Å². The van der Waals surface area contributed by atoms with Gasteiger partial charge in [-0.05, 0) is 26.0 Å². The first-order valence-electron chi connectivity index (χ1n) is 7.17. The van der Waals surface area contributed by atoms with Crippen LogP contribution in [0.15, 0.2) is 24.3 Å². The summed E-state index contributed by atoms with van der Waals surface area (Å²) in [5.74, 6) is 0.246. The van der Waals surface area contributed by atoms with Gasteiger partial charge in [0.15, 0.2) is 5.78 Å². The maximum absolute atomic E-state index is 12.3. The number of likely N-dealkylation sites (N-methyl/N-ethyl adjacent to an activating group) is 1. The largest absolute Gasteiger partial charge is 0.298 e. The van der Waals surface area contributed by atoms with E-state index < -0.39 is 0 Å². The molecular formula is C16H24N2O. The number of aryl methyl sites for hydroxylation is 1. The van der Waals surface area contributed by atoms with Crippen LogP contribution in [-0.2, 0) is 0 Å². The van der Waals surface area contributed by atoms with Crippen molar-refractivity contribution in [2.75, 3.05) is 32.7 Å². The minimum atomic E-state index is 0.246. The molecule has 1 aliphatic heterocycles. The minimum Gasteiger partial charge on any atom is -0.298 e. The highest BCUT2D eigenvalue weighted by atomic mass is 16.1. The SMILES string of the molecule is CCN1CCN(CC(=O)c2ccccc2C)CC1C. The van der Waals surface area contributed by atoms with Crippen LogP contribution >= 0.6 is 0 Å². The quantitative estimate of drug-likeness (QED) is 0.775. The Balaban J connectivity index is 1.95. The first-order valence-corrected chi connectivity index (χ1v) is 7.17. The van der Waals surface area contributed by atoms with Crippen LogP contribution in [0.25, 0.3) is 0 Å². The summed E-state index contributed by atoms with van der Waals surface area (Å²) in [6.07, 6.45) is 0. The minimum absolute atomic E-state index is 0.246. The molecule has 0 aromatic heterocycles. The fourth-order valence-electron chi connectivity index (χ4n) is 2.86. The zero-order valence-electron chi connectivity index (χ0n) is 12.2. The van der Waals surface area contributed by atoms with Crippen LogP contribution < -0.4 is 0 Å². The van der Waals surface area contributed by atoms with Gasteiger partial charge in [-0.25, -0.2) is 0 Å². The standard InChI is InChI=1S/C16H24N2O/c1-4-18-10-9-17(11-14(18)3)12-16(19)15-8-6-5-7-13(15)2/h5-8,14H,4,9-12H2,1-3H3. The van der Waals surface area contributed by atoms with Crippen LogP contribution in [0.5, 0.6) is 0 Å². The van der Waals surface area contributed by atoms with Gasteiger partial charge in [-0.3, -0.25) is 14.6 Å². The number of ketones is 1. The number of carbonyl (C=O) groups excluding carboxylic acids is 1. The monoisotopic (exact) mass is 260 g/mol. The summed E-state index contributed by atoms with van der Waals surface area (Å²) in [4.78, 5) is 17.1. The average molecular weight is 260 g/mol. The Labute approximate surface area is 116 Å². The predicted molar refractivity (Wildman–Crippen MR) is 78.7 cm³/mol. The second-order valence-electron chi connectivity index (χ2n) is 5.45. The molecule has 2 rings (SSSR count). The van der Waals surface area contributed by atoms with E-state index in [2.05, 4.69) is 23.6 Å². The van der Waals surface area contributed by atoms with E-state index in [1.165, 1.54) is 0 Å². The molecule has 0 radical (unpaired) electrons. The molecule has 19 heavy (non-hydrogen) atoms. The van der Waals surface area contributed by atoms with Crippen molar-refractivity contribution in [3.8, 4) is 0 Å². The Morgan fingerprint density at radius 3 is 2.68 bits per heavy atom. The van der Waals surface area contributed by atoms with E-state index in [0.717, 1.165) is 37.3 Å². The van der Waals surface area contributed by atoms with Gasteiger partial charge in [0.1, 0.15) is 0 Å². The number of hydrogen-bond donors (Lipinski definition) is 0. The fourth-order valence-corrected chi connectivity index (χ4v) is 2.86. The molecule has 0 saturated carbocycles. The Morgan fingerprint density at radius 1 is 1.32 bits per heavy atom. The van der Waals surface area contributed by atoms with Crippen molar-refractivity contribution in [1.29, 1.82) is 0 Å². The van der Waals surface area contributed by atoms with Crippen molar-refractivity contribution in [1.82, 2.24) is 9.80 Å². The highest BCUT2D eigenvalue weighted by Crippen LogP contribution is 2.12. The van der Waals surface area contributed by atoms with Crippen molar-refractivity contribution in [2.24, 2.45) is 0 Å². The molecule has 1 unspecified atom stereocenters. The first-order chi connectivity index (χ1) is 9.11. The van der Waals surface area contributed by atoms with Gasteiger partial charge in [0, 0.05) is 31.2 Å². The fraction of sp³-hybridized carbons (Fsp3) is 0.562. The number of benzene rings is 1. The lowest BCUT2D eigenvalue weighted by atomic mass is 10.0. The molecule has 0 N–H and O–H groups in total. The number of carbonyl (C=O) groups is 1. The van der Waals surface area contributed by atoms with Gasteiger partial charge in [-0.15, -0.1) is 0 Å². The molecule has 1 fully saturated rings. The van der Waals surface area contributed by atoms with Crippen LogP contribution in [0, 0.1) is 6.92 Å². The second-order valence-corrected chi connectivity index (χ2v) is 5.45. The summed E-state index contributed by atoms with van der Waals surface area (Å²) in [5, 5.41) is 0. The van der Waals surface area contributed by atoms with Gasteiger partial charge in [0.25, 0.3) is 0 Å². The van der Waals surface area contributed by atoms with Gasteiger partial charge < -0.3 is 0 Å². The lowest BCUT2D eigenvalue weighted by molar-refractivity contribution is 0.0722. The summed E-state index contributed by atoms with van der Waals surface area (Å²) in [6, 6.07) is 8.41. The van der Waals surface area contributed by atoms with Gasteiger partial charge in [0.05, 0.1) is 6.54 Å². The molecule has 0 bridgehead atoms. The lowest BCUT2D eigenvalue weighted by Crippen LogP contribution is -2.52. The molecule has 0 amide bonds. The molecule has 3 heteroatoms. The van der Waals surface area contributed by atoms with E-state index in [1.54, 1.807) is 0 Å². The van der Waals surface area contributed by atoms with Gasteiger partial charge in [-0.1, -0.05) is 31.2 Å². The van der Waals surface area contributed by atoms with E-state index in [-0.39, 0.29) is 5.78 Å². The van der Waals surface area contributed by atoms with E-state index in [0.29, 0.717) is 12.6 Å². The van der Waals surface area contributed by atoms with E-state index >= 15 is 0 Å². The second kappa shape index (κ2) is 6.31. The lowest BCUT2D eigenvalue weighted by Gasteiger charge is -2.39. The van der Waals surface area contributed by atoms with Crippen LogP contribution in [0.3, 0.4) is 0 Å². The summed E-state index contributed by atoms with van der Waals surface area (Å²) in [6.45, 7) is 11.1.